The lowest BCUT2D eigenvalue weighted by Gasteiger charge is -2.38. The summed E-state index contributed by atoms with van der Waals surface area (Å²) < 4.78 is 52.9. The number of carbonyl (C=O) groups excluding carboxylic acids is 1. The molecular weight excluding hydrogens is 426 g/mol. The summed E-state index contributed by atoms with van der Waals surface area (Å²) in [5, 5.41) is 0. The Kier molecular flexibility index (Phi) is 6.62. The predicted octanol–water partition coefficient (Wildman–Crippen LogP) is 1.12. The lowest BCUT2D eigenvalue weighted by molar-refractivity contribution is -0.137. The smallest absolute Gasteiger partial charge is 0.243 e. The Hall–Kier alpha value is -1.49. The molecule has 1 atom stereocenters. The van der Waals surface area contributed by atoms with Gasteiger partial charge in [0.05, 0.1) is 17.1 Å². The first-order valence-corrected chi connectivity index (χ1v) is 13.5. The second kappa shape index (κ2) is 8.57. The van der Waals surface area contributed by atoms with Gasteiger partial charge in [-0.1, -0.05) is 17.7 Å². The van der Waals surface area contributed by atoms with Gasteiger partial charge in [0.1, 0.15) is 0 Å². The number of sulfonamides is 2. The third-order valence-electron chi connectivity index (χ3n) is 5.96. The molecule has 1 amide bonds. The van der Waals surface area contributed by atoms with Crippen molar-refractivity contribution in [2.45, 2.75) is 38.5 Å². The number of rotatable bonds is 4. The van der Waals surface area contributed by atoms with Crippen LogP contribution in [0.1, 0.15) is 29.5 Å². The van der Waals surface area contributed by atoms with Gasteiger partial charge in [0.25, 0.3) is 0 Å². The zero-order valence-corrected chi connectivity index (χ0v) is 19.7. The Balaban J connectivity index is 1.68. The molecule has 2 aliphatic rings. The van der Waals surface area contributed by atoms with E-state index < -0.39 is 20.0 Å². The number of piperidine rings is 1. The van der Waals surface area contributed by atoms with Gasteiger partial charge in [-0.3, -0.25) is 4.79 Å². The molecule has 0 aromatic heterocycles. The van der Waals surface area contributed by atoms with Crippen LogP contribution < -0.4 is 0 Å². The maximum absolute atomic E-state index is 13.2. The SMILES string of the molecule is Cc1cc(C)c(S(=O)(=O)N2CCN(C(=O)C3CCCN(S(C)(=O)=O)C3)CC2)c(C)c1. The molecule has 1 aromatic carbocycles. The summed E-state index contributed by atoms with van der Waals surface area (Å²) in [7, 11) is -6.95. The Morgan fingerprint density at radius 3 is 2.00 bits per heavy atom. The Bertz CT molecular complexity index is 1010. The van der Waals surface area contributed by atoms with E-state index in [1.54, 1.807) is 4.90 Å². The van der Waals surface area contributed by atoms with Gasteiger partial charge in [0, 0.05) is 39.3 Å². The van der Waals surface area contributed by atoms with Crippen LogP contribution in [0.2, 0.25) is 0 Å². The summed E-state index contributed by atoms with van der Waals surface area (Å²) in [6.07, 6.45) is 2.48. The average molecular weight is 458 g/mol. The average Bonchev–Trinajstić information content (AvgIpc) is 2.66. The monoisotopic (exact) mass is 457 g/mol. The van der Waals surface area contributed by atoms with Crippen molar-refractivity contribution in [3.05, 3.63) is 28.8 Å². The number of nitrogens with zero attached hydrogens (tertiary/aromatic N) is 3. The fourth-order valence-electron chi connectivity index (χ4n) is 4.56. The second-order valence-corrected chi connectivity index (χ2v) is 12.3. The van der Waals surface area contributed by atoms with Gasteiger partial charge in [-0.2, -0.15) is 4.31 Å². The van der Waals surface area contributed by atoms with Crippen molar-refractivity contribution in [2.24, 2.45) is 5.92 Å². The van der Waals surface area contributed by atoms with E-state index in [0.29, 0.717) is 37.4 Å². The molecule has 3 rings (SSSR count). The summed E-state index contributed by atoms with van der Waals surface area (Å²) in [6.45, 7) is 7.33. The molecule has 2 saturated heterocycles. The van der Waals surface area contributed by atoms with E-state index in [1.807, 2.05) is 32.9 Å². The van der Waals surface area contributed by atoms with Crippen LogP contribution in [0.4, 0.5) is 0 Å². The fraction of sp³-hybridized carbons (Fsp3) is 0.650. The minimum atomic E-state index is -3.63. The van der Waals surface area contributed by atoms with Crippen LogP contribution in [0, 0.1) is 26.7 Å². The normalized spacial score (nSPS) is 22.3. The Labute approximate surface area is 179 Å². The van der Waals surface area contributed by atoms with Crippen LogP contribution in [0.3, 0.4) is 0 Å². The van der Waals surface area contributed by atoms with Crippen molar-refractivity contribution in [3.8, 4) is 0 Å². The molecule has 2 fully saturated rings. The van der Waals surface area contributed by atoms with E-state index in [-0.39, 0.29) is 31.5 Å². The molecule has 168 valence electrons. The number of carbonyl (C=O) groups is 1. The molecule has 0 radical (unpaired) electrons. The Morgan fingerprint density at radius 1 is 0.900 bits per heavy atom. The highest BCUT2D eigenvalue weighted by molar-refractivity contribution is 7.89. The van der Waals surface area contributed by atoms with Crippen LogP contribution in [-0.2, 0) is 24.8 Å². The van der Waals surface area contributed by atoms with Gasteiger partial charge in [-0.25, -0.2) is 21.1 Å². The van der Waals surface area contributed by atoms with Crippen molar-refractivity contribution in [2.75, 3.05) is 45.5 Å². The molecule has 8 nitrogen and oxygen atoms in total. The van der Waals surface area contributed by atoms with Crippen molar-refractivity contribution in [3.63, 3.8) is 0 Å². The fourth-order valence-corrected chi connectivity index (χ4v) is 7.30. The summed E-state index contributed by atoms with van der Waals surface area (Å²) in [4.78, 5) is 15.0. The van der Waals surface area contributed by atoms with Crippen LogP contribution in [0.5, 0.6) is 0 Å². The van der Waals surface area contributed by atoms with Gasteiger partial charge in [-0.15, -0.1) is 0 Å². The third kappa shape index (κ3) is 4.71. The highest BCUT2D eigenvalue weighted by Crippen LogP contribution is 2.27. The van der Waals surface area contributed by atoms with E-state index in [9.17, 15) is 21.6 Å². The minimum absolute atomic E-state index is 0.0805. The number of hydrogen-bond donors (Lipinski definition) is 0. The third-order valence-corrected chi connectivity index (χ3v) is 9.43. The molecule has 0 saturated carbocycles. The molecule has 2 heterocycles. The molecule has 30 heavy (non-hydrogen) atoms. The van der Waals surface area contributed by atoms with E-state index in [1.165, 1.54) is 14.9 Å². The number of amides is 1. The predicted molar refractivity (Wildman–Crippen MR) is 115 cm³/mol. The molecule has 1 unspecified atom stereocenters. The van der Waals surface area contributed by atoms with Crippen LogP contribution >= 0.6 is 0 Å². The van der Waals surface area contributed by atoms with Crippen molar-refractivity contribution >= 4 is 26.0 Å². The lowest BCUT2D eigenvalue weighted by atomic mass is 9.98. The molecule has 1 aromatic rings. The van der Waals surface area contributed by atoms with Crippen LogP contribution in [0.25, 0.3) is 0 Å². The summed E-state index contributed by atoms with van der Waals surface area (Å²) >= 11 is 0. The molecular formula is C20H31N3O5S2. The maximum atomic E-state index is 13.2. The Morgan fingerprint density at radius 2 is 1.47 bits per heavy atom. The molecule has 0 N–H and O–H groups in total. The topological polar surface area (TPSA) is 95.1 Å². The summed E-state index contributed by atoms with van der Waals surface area (Å²) in [5.41, 5.74) is 2.48. The number of aryl methyl sites for hydroxylation is 3. The first-order valence-electron chi connectivity index (χ1n) is 10.2. The van der Waals surface area contributed by atoms with Crippen molar-refractivity contribution in [1.29, 1.82) is 0 Å². The van der Waals surface area contributed by atoms with Gasteiger partial charge in [0.2, 0.25) is 26.0 Å². The van der Waals surface area contributed by atoms with E-state index >= 15 is 0 Å². The number of piperazine rings is 1. The summed E-state index contributed by atoms with van der Waals surface area (Å²) in [6, 6.07) is 3.74. The molecule has 10 heteroatoms. The standard InChI is InChI=1S/C20H31N3O5S2/c1-15-12-16(2)19(17(3)13-15)30(27,28)22-10-8-21(9-11-22)20(24)18-6-5-7-23(14-18)29(4,25)26/h12-13,18H,5-11,14H2,1-4H3. The van der Waals surface area contributed by atoms with Crippen LogP contribution in [0.15, 0.2) is 17.0 Å². The first-order chi connectivity index (χ1) is 13.9. The first kappa shape index (κ1) is 23.2. The number of benzene rings is 1. The van der Waals surface area contributed by atoms with E-state index in [2.05, 4.69) is 0 Å². The second-order valence-electron chi connectivity index (χ2n) is 8.42. The highest BCUT2D eigenvalue weighted by atomic mass is 32.2. The lowest BCUT2D eigenvalue weighted by Crippen LogP contribution is -2.54. The highest BCUT2D eigenvalue weighted by Gasteiger charge is 2.36. The van der Waals surface area contributed by atoms with E-state index in [0.717, 1.165) is 16.7 Å². The van der Waals surface area contributed by atoms with Crippen molar-refractivity contribution < 1.29 is 21.6 Å². The summed E-state index contributed by atoms with van der Waals surface area (Å²) in [5.74, 6) is -0.443. The quantitative estimate of drug-likeness (QED) is 0.675. The largest absolute Gasteiger partial charge is 0.340 e. The van der Waals surface area contributed by atoms with E-state index in [4.69, 9.17) is 0 Å². The van der Waals surface area contributed by atoms with Gasteiger partial charge in [0.15, 0.2) is 0 Å². The number of hydrogen-bond acceptors (Lipinski definition) is 5. The van der Waals surface area contributed by atoms with Gasteiger partial charge < -0.3 is 4.90 Å². The molecule has 0 spiro atoms. The minimum Gasteiger partial charge on any atom is -0.340 e. The zero-order chi connectivity index (χ0) is 22.3. The van der Waals surface area contributed by atoms with Crippen LogP contribution in [-0.4, -0.2) is 81.8 Å². The van der Waals surface area contributed by atoms with Crippen molar-refractivity contribution in [1.82, 2.24) is 13.5 Å². The zero-order valence-electron chi connectivity index (χ0n) is 18.1. The molecule has 0 bridgehead atoms. The molecule has 2 aliphatic heterocycles. The van der Waals surface area contributed by atoms with Gasteiger partial charge >= 0.3 is 0 Å². The maximum Gasteiger partial charge on any atom is 0.243 e. The molecule has 0 aliphatic carbocycles. The van der Waals surface area contributed by atoms with Gasteiger partial charge in [-0.05, 0) is 44.7 Å².